The summed E-state index contributed by atoms with van der Waals surface area (Å²) in [6, 6.07) is 0. The molecule has 0 aromatic heterocycles. The van der Waals surface area contributed by atoms with Crippen molar-refractivity contribution in [3.05, 3.63) is 12.2 Å². The third-order valence-corrected chi connectivity index (χ3v) is 2.47. The van der Waals surface area contributed by atoms with Gasteiger partial charge in [0.2, 0.25) is 0 Å². The fraction of sp³-hybridized carbons (Fsp3) is 0.750. The highest BCUT2D eigenvalue weighted by Gasteiger charge is 2.09. The maximum absolute atomic E-state index is 5.77. The maximum Gasteiger partial charge on any atom is 0.0188 e. The van der Waals surface area contributed by atoms with Gasteiger partial charge >= 0.3 is 0 Å². The van der Waals surface area contributed by atoms with Gasteiger partial charge in [-0.05, 0) is 20.8 Å². The molecule has 0 atom stereocenters. The largest absolute Gasteiger partial charge is 0.325 e. The lowest BCUT2D eigenvalue weighted by atomic mass is 10.1. The number of hydrogen-bond acceptors (Lipinski definition) is 2. The zero-order valence-corrected chi connectivity index (χ0v) is 7.92. The lowest BCUT2D eigenvalue weighted by Crippen LogP contribution is -2.34. The molecule has 2 N–H and O–H groups in total. The van der Waals surface area contributed by atoms with E-state index in [1.54, 1.807) is 0 Å². The van der Waals surface area contributed by atoms with Crippen molar-refractivity contribution < 1.29 is 0 Å². The molecule has 0 rings (SSSR count). The Bertz CT molecular complexity index is 113. The summed E-state index contributed by atoms with van der Waals surface area (Å²) in [5, 5.41) is 0. The van der Waals surface area contributed by atoms with E-state index in [2.05, 4.69) is 6.58 Å². The van der Waals surface area contributed by atoms with Crippen molar-refractivity contribution in [3.63, 3.8) is 0 Å². The van der Waals surface area contributed by atoms with Crippen LogP contribution in [0.1, 0.15) is 20.8 Å². The molecule has 0 fully saturated rings. The van der Waals surface area contributed by atoms with Gasteiger partial charge in [0, 0.05) is 17.0 Å². The zero-order valence-electron chi connectivity index (χ0n) is 7.11. The molecule has 0 aliphatic heterocycles. The number of rotatable bonds is 4. The maximum atomic E-state index is 5.77. The average Bonchev–Trinajstić information content (AvgIpc) is 1.59. The highest BCUT2D eigenvalue weighted by Crippen LogP contribution is 2.11. The highest BCUT2D eigenvalue weighted by molar-refractivity contribution is 7.99. The Morgan fingerprint density at radius 2 is 2.10 bits per heavy atom. The second kappa shape index (κ2) is 4.04. The average molecular weight is 159 g/mol. The minimum Gasteiger partial charge on any atom is -0.325 e. The molecule has 0 radical (unpaired) electrons. The van der Waals surface area contributed by atoms with Crippen molar-refractivity contribution in [1.29, 1.82) is 0 Å². The van der Waals surface area contributed by atoms with Crippen LogP contribution in [0.25, 0.3) is 0 Å². The highest BCUT2D eigenvalue weighted by atomic mass is 32.2. The third kappa shape index (κ3) is 8.05. The van der Waals surface area contributed by atoms with Gasteiger partial charge in [-0.25, -0.2) is 0 Å². The molecule has 0 saturated heterocycles. The van der Waals surface area contributed by atoms with Crippen LogP contribution in [0.5, 0.6) is 0 Å². The van der Waals surface area contributed by atoms with Crippen LogP contribution < -0.4 is 5.73 Å². The van der Waals surface area contributed by atoms with Crippen molar-refractivity contribution in [2.24, 2.45) is 5.73 Å². The fourth-order valence-corrected chi connectivity index (χ4v) is 1.46. The van der Waals surface area contributed by atoms with E-state index >= 15 is 0 Å². The summed E-state index contributed by atoms with van der Waals surface area (Å²) < 4.78 is 0. The van der Waals surface area contributed by atoms with Gasteiger partial charge in [-0.15, -0.1) is 0 Å². The first-order chi connectivity index (χ1) is 4.42. The van der Waals surface area contributed by atoms with Crippen LogP contribution in [0.3, 0.4) is 0 Å². The predicted octanol–water partition coefficient (Wildman–Crippen LogP) is 2.03. The molecule has 0 aliphatic rings. The molecule has 0 bridgehead atoms. The van der Waals surface area contributed by atoms with Gasteiger partial charge in [0.1, 0.15) is 0 Å². The Morgan fingerprint density at radius 1 is 1.60 bits per heavy atom. The molecule has 10 heavy (non-hydrogen) atoms. The van der Waals surface area contributed by atoms with Crippen LogP contribution in [0, 0.1) is 0 Å². The lowest BCUT2D eigenvalue weighted by molar-refractivity contribution is 0.591. The Kier molecular flexibility index (Phi) is 4.06. The van der Waals surface area contributed by atoms with E-state index in [1.807, 2.05) is 32.5 Å². The first-order valence-electron chi connectivity index (χ1n) is 3.43. The molecule has 1 nitrogen and oxygen atoms in total. The van der Waals surface area contributed by atoms with Gasteiger partial charge in [-0.2, -0.15) is 11.8 Å². The second-order valence-electron chi connectivity index (χ2n) is 3.44. The van der Waals surface area contributed by atoms with Crippen molar-refractivity contribution in [2.75, 3.05) is 11.5 Å². The fourth-order valence-electron chi connectivity index (χ4n) is 0.488. The van der Waals surface area contributed by atoms with E-state index in [-0.39, 0.29) is 5.54 Å². The van der Waals surface area contributed by atoms with E-state index in [4.69, 9.17) is 5.73 Å². The second-order valence-corrected chi connectivity index (χ2v) is 4.42. The monoisotopic (exact) mass is 159 g/mol. The lowest BCUT2D eigenvalue weighted by Gasteiger charge is -2.17. The Balaban J connectivity index is 3.29. The minimum atomic E-state index is -0.0416. The molecule has 0 aromatic carbocycles. The number of thioether (sulfide) groups is 1. The quantitative estimate of drug-likeness (QED) is 0.635. The molecule has 0 aromatic rings. The summed E-state index contributed by atoms with van der Waals surface area (Å²) in [4.78, 5) is 0. The molecule has 2 heteroatoms. The first kappa shape index (κ1) is 10.0. The van der Waals surface area contributed by atoms with Crippen LogP contribution in [-0.2, 0) is 0 Å². The van der Waals surface area contributed by atoms with E-state index in [1.165, 1.54) is 5.57 Å². The number of hydrogen-bond donors (Lipinski definition) is 1. The molecular weight excluding hydrogens is 142 g/mol. The smallest absolute Gasteiger partial charge is 0.0188 e. The van der Waals surface area contributed by atoms with Gasteiger partial charge in [0.05, 0.1) is 0 Å². The normalized spacial score (nSPS) is 11.6. The van der Waals surface area contributed by atoms with Gasteiger partial charge in [0.15, 0.2) is 0 Å². The molecular formula is C8H17NS. The molecule has 0 saturated carbocycles. The topological polar surface area (TPSA) is 26.0 Å². The van der Waals surface area contributed by atoms with Crippen molar-refractivity contribution in [2.45, 2.75) is 26.3 Å². The van der Waals surface area contributed by atoms with E-state index in [0.29, 0.717) is 0 Å². The Hall–Kier alpha value is 0.0500. The van der Waals surface area contributed by atoms with Gasteiger partial charge < -0.3 is 5.73 Å². The van der Waals surface area contributed by atoms with Crippen molar-refractivity contribution in [3.8, 4) is 0 Å². The van der Waals surface area contributed by atoms with E-state index in [9.17, 15) is 0 Å². The van der Waals surface area contributed by atoms with Gasteiger partial charge in [-0.3, -0.25) is 0 Å². The predicted molar refractivity (Wildman–Crippen MR) is 50.4 cm³/mol. The minimum absolute atomic E-state index is 0.0416. The van der Waals surface area contributed by atoms with E-state index < -0.39 is 0 Å². The standard InChI is InChI=1S/C8H17NS/c1-7(2)5-10-6-8(3,4)9/h1,5-6,9H2,2-4H3. The molecule has 0 aliphatic carbocycles. The molecule has 0 spiro atoms. The molecule has 0 amide bonds. The summed E-state index contributed by atoms with van der Waals surface area (Å²) >= 11 is 1.84. The third-order valence-electron chi connectivity index (χ3n) is 0.823. The first-order valence-corrected chi connectivity index (χ1v) is 4.58. The Morgan fingerprint density at radius 3 is 2.40 bits per heavy atom. The van der Waals surface area contributed by atoms with Crippen LogP contribution in [0.4, 0.5) is 0 Å². The van der Waals surface area contributed by atoms with Crippen LogP contribution in [0.15, 0.2) is 12.2 Å². The van der Waals surface area contributed by atoms with Gasteiger partial charge in [-0.1, -0.05) is 12.2 Å². The number of nitrogens with two attached hydrogens (primary N) is 1. The van der Waals surface area contributed by atoms with Crippen molar-refractivity contribution in [1.82, 2.24) is 0 Å². The molecule has 60 valence electrons. The zero-order chi connectivity index (χ0) is 8.20. The summed E-state index contributed by atoms with van der Waals surface area (Å²) in [5.41, 5.74) is 6.95. The van der Waals surface area contributed by atoms with E-state index in [0.717, 1.165) is 11.5 Å². The van der Waals surface area contributed by atoms with Crippen LogP contribution in [0.2, 0.25) is 0 Å². The van der Waals surface area contributed by atoms with Crippen LogP contribution >= 0.6 is 11.8 Å². The summed E-state index contributed by atoms with van der Waals surface area (Å²) in [5.74, 6) is 2.03. The summed E-state index contributed by atoms with van der Waals surface area (Å²) in [7, 11) is 0. The van der Waals surface area contributed by atoms with Gasteiger partial charge in [0.25, 0.3) is 0 Å². The van der Waals surface area contributed by atoms with Crippen molar-refractivity contribution >= 4 is 11.8 Å². The molecule has 0 heterocycles. The molecule has 0 unspecified atom stereocenters. The SMILES string of the molecule is C=C(C)CSCC(C)(C)N. The Labute approximate surface area is 68.1 Å². The van der Waals surface area contributed by atoms with Crippen LogP contribution in [-0.4, -0.2) is 17.0 Å². The summed E-state index contributed by atoms with van der Waals surface area (Å²) in [6.07, 6.45) is 0. The summed E-state index contributed by atoms with van der Waals surface area (Å²) in [6.45, 7) is 9.93.